The first-order valence-electron chi connectivity index (χ1n) is 12.1. The van der Waals surface area contributed by atoms with E-state index in [1.54, 1.807) is 31.2 Å². The Labute approximate surface area is 261 Å². The average molecular weight is 595 g/mol. The molecule has 2 heterocycles. The fourth-order valence-corrected chi connectivity index (χ4v) is 6.23. The van der Waals surface area contributed by atoms with Crippen molar-refractivity contribution in [3.63, 3.8) is 0 Å². The van der Waals surface area contributed by atoms with E-state index >= 15 is 0 Å². The Morgan fingerprint density at radius 3 is 2.24 bits per heavy atom. The van der Waals surface area contributed by atoms with Crippen molar-refractivity contribution in [1.82, 2.24) is 10.2 Å². The summed E-state index contributed by atoms with van der Waals surface area (Å²) in [6.45, 7) is 3.47. The SMILES string of the molecule is CC(=O)Oc1ccc(C(=O)OCC2(C)SC3C(NC(=O)Cc4ccccc4)C(=O)N3[C@H]2C(=O)O)cc1OC(C)=O.[NaH]. The number of fused-ring (bicyclic) bond motifs is 1. The minimum atomic E-state index is -1.31. The van der Waals surface area contributed by atoms with Crippen LogP contribution in [0.5, 0.6) is 11.5 Å². The van der Waals surface area contributed by atoms with Crippen molar-refractivity contribution >= 4 is 77.0 Å². The van der Waals surface area contributed by atoms with Gasteiger partial charge in [0.05, 0.1) is 16.7 Å². The number of β-lactam (4-membered cyclic amide) rings is 1. The molecule has 14 heteroatoms. The second kappa shape index (κ2) is 13.1. The Bertz CT molecular complexity index is 1390. The van der Waals surface area contributed by atoms with E-state index in [1.807, 2.05) is 6.07 Å². The molecule has 2 aliphatic heterocycles. The van der Waals surface area contributed by atoms with Gasteiger partial charge >= 0.3 is 53.4 Å². The third-order valence-corrected chi connectivity index (χ3v) is 7.88. The molecule has 2 aromatic rings. The van der Waals surface area contributed by atoms with E-state index in [0.29, 0.717) is 0 Å². The number of rotatable bonds is 9. The van der Waals surface area contributed by atoms with Crippen LogP contribution in [0, 0.1) is 0 Å². The molecule has 0 bridgehead atoms. The minimum absolute atomic E-state index is 0. The van der Waals surface area contributed by atoms with E-state index < -0.39 is 52.0 Å². The zero-order valence-electron chi connectivity index (χ0n) is 21.7. The number of benzene rings is 2. The molecule has 0 saturated carbocycles. The summed E-state index contributed by atoms with van der Waals surface area (Å²) in [6, 6.07) is 10.5. The quantitative estimate of drug-likeness (QED) is 0.183. The molecule has 2 fully saturated rings. The molecule has 12 nitrogen and oxygen atoms in total. The number of nitrogens with one attached hydrogen (secondary N) is 1. The predicted octanol–water partition coefficient (Wildman–Crippen LogP) is 0.900. The molecule has 212 valence electrons. The molecule has 0 aromatic heterocycles. The van der Waals surface area contributed by atoms with Crippen LogP contribution in [0.1, 0.15) is 36.7 Å². The molecule has 3 unspecified atom stereocenters. The molecule has 41 heavy (non-hydrogen) atoms. The molecular weight excluding hydrogens is 567 g/mol. The van der Waals surface area contributed by atoms with Crippen LogP contribution in [0.25, 0.3) is 0 Å². The standard InChI is InChI=1S/C27H26N2O10S.Na.H/c1-14(30)38-18-10-9-17(12-19(18)39-15(2)31)26(36)37-13-27(3)22(25(34)35)29-23(33)21(24(29)40-27)28-20(32)11-16-7-5-4-6-8-16;;/h4-10,12,21-22,24H,11,13H2,1-3H3,(H,28,32)(H,34,35);;/t21?,22-,24?,27?;;/m0../s1. The van der Waals surface area contributed by atoms with Gasteiger partial charge in [0.15, 0.2) is 11.5 Å². The van der Waals surface area contributed by atoms with E-state index in [2.05, 4.69) is 5.32 Å². The summed E-state index contributed by atoms with van der Waals surface area (Å²) in [5.41, 5.74) is 0.719. The Balaban J connectivity index is 0.00000462. The first kappa shape index (κ1) is 32.1. The summed E-state index contributed by atoms with van der Waals surface area (Å²) < 4.78 is 14.2. The fraction of sp³-hybridized carbons (Fsp3) is 0.333. The van der Waals surface area contributed by atoms with Crippen LogP contribution < -0.4 is 14.8 Å². The first-order valence-corrected chi connectivity index (χ1v) is 13.0. The molecule has 2 aromatic carbocycles. The molecule has 2 N–H and O–H groups in total. The number of aliphatic carboxylic acids is 1. The van der Waals surface area contributed by atoms with Gasteiger partial charge in [-0.15, -0.1) is 11.8 Å². The van der Waals surface area contributed by atoms with Crippen LogP contribution in [0.3, 0.4) is 0 Å². The van der Waals surface area contributed by atoms with Gasteiger partial charge < -0.3 is 29.5 Å². The molecule has 0 aliphatic carbocycles. The van der Waals surface area contributed by atoms with E-state index in [4.69, 9.17) is 14.2 Å². The molecule has 4 atom stereocenters. The number of hydrogen-bond acceptors (Lipinski definition) is 10. The van der Waals surface area contributed by atoms with Gasteiger partial charge in [-0.05, 0) is 30.7 Å². The van der Waals surface area contributed by atoms with Crippen LogP contribution in [-0.2, 0) is 35.1 Å². The average Bonchev–Trinajstić information content (AvgIpc) is 3.17. The van der Waals surface area contributed by atoms with Gasteiger partial charge in [0.1, 0.15) is 24.1 Å². The van der Waals surface area contributed by atoms with Crippen LogP contribution in [0.4, 0.5) is 0 Å². The molecule has 4 rings (SSSR count). The Hall–Kier alpha value is -3.39. The molecule has 2 amide bonds. The van der Waals surface area contributed by atoms with Crippen molar-refractivity contribution in [3.8, 4) is 11.5 Å². The fourth-order valence-electron chi connectivity index (χ4n) is 4.55. The van der Waals surface area contributed by atoms with Gasteiger partial charge in [0, 0.05) is 13.8 Å². The monoisotopic (exact) mass is 594 g/mol. The summed E-state index contributed by atoms with van der Waals surface area (Å²) in [5, 5.41) is 12.0. The summed E-state index contributed by atoms with van der Waals surface area (Å²) in [7, 11) is 0. The van der Waals surface area contributed by atoms with Crippen LogP contribution in [0.2, 0.25) is 0 Å². The number of amides is 2. The number of esters is 3. The third kappa shape index (κ3) is 7.10. The van der Waals surface area contributed by atoms with E-state index in [1.165, 1.54) is 17.0 Å². The Morgan fingerprint density at radius 1 is 1.00 bits per heavy atom. The maximum absolute atomic E-state index is 12.9. The summed E-state index contributed by atoms with van der Waals surface area (Å²) in [4.78, 5) is 74.4. The van der Waals surface area contributed by atoms with Crippen LogP contribution >= 0.6 is 11.8 Å². The van der Waals surface area contributed by atoms with Gasteiger partial charge in [0.25, 0.3) is 0 Å². The number of ether oxygens (including phenoxy) is 3. The van der Waals surface area contributed by atoms with Crippen LogP contribution in [0.15, 0.2) is 48.5 Å². The van der Waals surface area contributed by atoms with Crippen molar-refractivity contribution in [3.05, 3.63) is 59.7 Å². The van der Waals surface area contributed by atoms with Gasteiger partial charge in [0.2, 0.25) is 11.8 Å². The third-order valence-electron chi connectivity index (χ3n) is 6.26. The number of thioether (sulfide) groups is 1. The van der Waals surface area contributed by atoms with Crippen molar-refractivity contribution in [2.75, 3.05) is 6.61 Å². The van der Waals surface area contributed by atoms with Gasteiger partial charge in [-0.3, -0.25) is 19.2 Å². The number of carbonyl (C=O) groups excluding carboxylic acids is 5. The van der Waals surface area contributed by atoms with Gasteiger partial charge in [-0.2, -0.15) is 0 Å². The summed E-state index contributed by atoms with van der Waals surface area (Å²) in [6.07, 6.45) is 0.0603. The second-order valence-electron chi connectivity index (χ2n) is 9.44. The van der Waals surface area contributed by atoms with Crippen molar-refractivity contribution in [1.29, 1.82) is 0 Å². The van der Waals surface area contributed by atoms with Gasteiger partial charge in [-0.25, -0.2) is 9.59 Å². The number of hydrogen-bond donors (Lipinski definition) is 2. The first-order chi connectivity index (χ1) is 18.9. The van der Waals surface area contributed by atoms with Crippen molar-refractivity contribution in [2.45, 2.75) is 49.4 Å². The van der Waals surface area contributed by atoms with Crippen molar-refractivity contribution < 1.29 is 48.1 Å². The predicted molar refractivity (Wildman–Crippen MR) is 147 cm³/mol. The van der Waals surface area contributed by atoms with Gasteiger partial charge in [-0.1, -0.05) is 30.3 Å². The number of carboxylic acids is 1. The van der Waals surface area contributed by atoms with E-state index in [0.717, 1.165) is 37.2 Å². The van der Waals surface area contributed by atoms with Crippen LogP contribution in [-0.4, -0.2) is 104 Å². The topological polar surface area (TPSA) is 166 Å². The second-order valence-corrected chi connectivity index (χ2v) is 11.1. The molecule has 0 spiro atoms. The van der Waals surface area contributed by atoms with E-state index in [9.17, 15) is 33.9 Å². The number of nitrogens with zero attached hydrogens (tertiary/aromatic N) is 1. The molecule has 0 radical (unpaired) electrons. The molecule has 2 saturated heterocycles. The normalized spacial score (nSPS) is 22.4. The van der Waals surface area contributed by atoms with E-state index in [-0.39, 0.29) is 65.6 Å². The Kier molecular flexibility index (Phi) is 10.2. The Morgan fingerprint density at radius 2 is 1.63 bits per heavy atom. The summed E-state index contributed by atoms with van der Waals surface area (Å²) >= 11 is 1.12. The molecular formula is C27H27N2NaO10S. The summed E-state index contributed by atoms with van der Waals surface area (Å²) in [5.74, 6) is -4.68. The zero-order chi connectivity index (χ0) is 29.2. The zero-order valence-corrected chi connectivity index (χ0v) is 22.6. The number of carbonyl (C=O) groups is 6. The number of carboxylic acid groups (broad SMARTS) is 1. The molecule has 2 aliphatic rings. The maximum atomic E-state index is 12.9. The van der Waals surface area contributed by atoms with Crippen molar-refractivity contribution in [2.24, 2.45) is 0 Å².